The van der Waals surface area contributed by atoms with Gasteiger partial charge in [-0.05, 0) is 30.7 Å². The van der Waals surface area contributed by atoms with Crippen molar-refractivity contribution in [1.29, 1.82) is 0 Å². The van der Waals surface area contributed by atoms with E-state index in [0.29, 0.717) is 18.0 Å². The Hall–Kier alpha value is -2.56. The zero-order valence-electron chi connectivity index (χ0n) is 11.7. The van der Waals surface area contributed by atoms with E-state index in [1.807, 2.05) is 37.3 Å². The van der Waals surface area contributed by atoms with Crippen molar-refractivity contribution in [1.82, 2.24) is 10.3 Å². The standard InChI is InChI=1S/C16H16N2O3/c1-11-15(21-14-7-3-2-6-13(14)20-11)16(19)18-10-12-5-4-8-17-9-12/h2-9,11,15H,10H2,1H3,(H,18,19). The molecule has 0 aliphatic carbocycles. The van der Waals surface area contributed by atoms with E-state index in [1.54, 1.807) is 18.5 Å². The second kappa shape index (κ2) is 5.83. The number of hydrogen-bond donors (Lipinski definition) is 1. The van der Waals surface area contributed by atoms with Gasteiger partial charge in [0.05, 0.1) is 0 Å². The highest BCUT2D eigenvalue weighted by Crippen LogP contribution is 2.33. The van der Waals surface area contributed by atoms with Crippen molar-refractivity contribution in [2.24, 2.45) is 0 Å². The van der Waals surface area contributed by atoms with Crippen molar-refractivity contribution in [2.75, 3.05) is 0 Å². The van der Waals surface area contributed by atoms with E-state index in [-0.39, 0.29) is 12.0 Å². The van der Waals surface area contributed by atoms with Gasteiger partial charge in [-0.1, -0.05) is 18.2 Å². The van der Waals surface area contributed by atoms with Crippen molar-refractivity contribution in [3.8, 4) is 11.5 Å². The molecule has 3 rings (SSSR count). The average Bonchev–Trinajstić information content (AvgIpc) is 2.53. The number of nitrogens with zero attached hydrogens (tertiary/aromatic N) is 1. The highest BCUT2D eigenvalue weighted by atomic mass is 16.6. The number of fused-ring (bicyclic) bond motifs is 1. The minimum atomic E-state index is -0.656. The highest BCUT2D eigenvalue weighted by Gasteiger charge is 2.33. The van der Waals surface area contributed by atoms with Gasteiger partial charge in [0, 0.05) is 18.9 Å². The van der Waals surface area contributed by atoms with Crippen LogP contribution in [0.2, 0.25) is 0 Å². The first-order valence-electron chi connectivity index (χ1n) is 6.83. The van der Waals surface area contributed by atoms with Gasteiger partial charge in [0.25, 0.3) is 5.91 Å². The molecular formula is C16H16N2O3. The number of nitrogens with one attached hydrogen (secondary N) is 1. The molecule has 0 spiro atoms. The van der Waals surface area contributed by atoms with Crippen LogP contribution in [0.5, 0.6) is 11.5 Å². The predicted octanol–water partition coefficient (Wildman–Crippen LogP) is 1.93. The maximum absolute atomic E-state index is 12.3. The van der Waals surface area contributed by atoms with Crippen LogP contribution < -0.4 is 14.8 Å². The number of ether oxygens (including phenoxy) is 2. The molecule has 1 aromatic heterocycles. The Morgan fingerprint density at radius 1 is 1.19 bits per heavy atom. The fourth-order valence-corrected chi connectivity index (χ4v) is 2.20. The SMILES string of the molecule is CC1Oc2ccccc2OC1C(=O)NCc1cccnc1. The lowest BCUT2D eigenvalue weighted by atomic mass is 10.1. The summed E-state index contributed by atoms with van der Waals surface area (Å²) < 4.78 is 11.5. The van der Waals surface area contributed by atoms with Gasteiger partial charge in [-0.2, -0.15) is 0 Å². The van der Waals surface area contributed by atoms with Crippen LogP contribution in [-0.2, 0) is 11.3 Å². The minimum absolute atomic E-state index is 0.194. The molecule has 21 heavy (non-hydrogen) atoms. The molecule has 1 aliphatic heterocycles. The summed E-state index contributed by atoms with van der Waals surface area (Å²) in [5.74, 6) is 1.07. The summed E-state index contributed by atoms with van der Waals surface area (Å²) in [5.41, 5.74) is 0.940. The molecule has 1 aromatic carbocycles. The van der Waals surface area contributed by atoms with Gasteiger partial charge in [0.1, 0.15) is 6.10 Å². The molecule has 0 saturated carbocycles. The van der Waals surface area contributed by atoms with Crippen molar-refractivity contribution >= 4 is 5.91 Å². The first-order chi connectivity index (χ1) is 10.2. The zero-order chi connectivity index (χ0) is 14.7. The van der Waals surface area contributed by atoms with Gasteiger partial charge in [-0.25, -0.2) is 0 Å². The normalized spacial score (nSPS) is 19.9. The molecule has 0 radical (unpaired) electrons. The molecule has 2 heterocycles. The van der Waals surface area contributed by atoms with Crippen LogP contribution >= 0.6 is 0 Å². The van der Waals surface area contributed by atoms with E-state index in [0.717, 1.165) is 5.56 Å². The third-order valence-corrected chi connectivity index (χ3v) is 3.29. The van der Waals surface area contributed by atoms with E-state index in [2.05, 4.69) is 10.3 Å². The van der Waals surface area contributed by atoms with Crippen LogP contribution in [0, 0.1) is 0 Å². The van der Waals surface area contributed by atoms with Gasteiger partial charge in [-0.3, -0.25) is 9.78 Å². The highest BCUT2D eigenvalue weighted by molar-refractivity contribution is 5.82. The molecule has 0 bridgehead atoms. The first kappa shape index (κ1) is 13.4. The Labute approximate surface area is 122 Å². The smallest absolute Gasteiger partial charge is 0.265 e. The lowest BCUT2D eigenvalue weighted by Gasteiger charge is -2.31. The number of para-hydroxylation sites is 2. The Bertz CT molecular complexity index is 630. The lowest BCUT2D eigenvalue weighted by Crippen LogP contribution is -2.48. The number of benzene rings is 1. The third-order valence-electron chi connectivity index (χ3n) is 3.29. The summed E-state index contributed by atoms with van der Waals surface area (Å²) >= 11 is 0. The molecule has 5 nitrogen and oxygen atoms in total. The molecule has 1 amide bonds. The first-order valence-corrected chi connectivity index (χ1v) is 6.83. The Balaban J connectivity index is 1.65. The fraction of sp³-hybridized carbons (Fsp3) is 0.250. The van der Waals surface area contributed by atoms with E-state index in [4.69, 9.17) is 9.47 Å². The molecule has 2 unspecified atom stereocenters. The van der Waals surface area contributed by atoms with Crippen molar-refractivity contribution in [3.63, 3.8) is 0 Å². The molecule has 0 saturated heterocycles. The van der Waals surface area contributed by atoms with Crippen LogP contribution in [0.15, 0.2) is 48.8 Å². The van der Waals surface area contributed by atoms with Gasteiger partial charge >= 0.3 is 0 Å². The van der Waals surface area contributed by atoms with Gasteiger partial charge in [0.15, 0.2) is 11.5 Å². The number of pyridine rings is 1. The number of rotatable bonds is 3. The van der Waals surface area contributed by atoms with Crippen molar-refractivity contribution in [2.45, 2.75) is 25.7 Å². The Morgan fingerprint density at radius 3 is 2.67 bits per heavy atom. The summed E-state index contributed by atoms with van der Waals surface area (Å²) in [6.45, 7) is 2.24. The van der Waals surface area contributed by atoms with E-state index in [9.17, 15) is 4.79 Å². The quantitative estimate of drug-likeness (QED) is 0.935. The van der Waals surface area contributed by atoms with Crippen LogP contribution in [0.4, 0.5) is 0 Å². The second-order valence-corrected chi connectivity index (χ2v) is 4.89. The summed E-state index contributed by atoms with van der Waals surface area (Å²) in [4.78, 5) is 16.3. The molecule has 2 atom stereocenters. The molecule has 5 heteroatoms. The summed E-state index contributed by atoms with van der Waals surface area (Å²) in [5, 5.41) is 2.85. The number of hydrogen-bond acceptors (Lipinski definition) is 4. The molecular weight excluding hydrogens is 268 g/mol. The monoisotopic (exact) mass is 284 g/mol. The summed E-state index contributed by atoms with van der Waals surface area (Å²) in [6, 6.07) is 11.1. The fourth-order valence-electron chi connectivity index (χ4n) is 2.20. The van der Waals surface area contributed by atoms with Gasteiger partial charge in [0.2, 0.25) is 6.10 Å². The molecule has 0 fully saturated rings. The van der Waals surface area contributed by atoms with Crippen LogP contribution in [0.1, 0.15) is 12.5 Å². The molecule has 1 aliphatic rings. The largest absolute Gasteiger partial charge is 0.482 e. The second-order valence-electron chi connectivity index (χ2n) is 4.89. The molecule has 2 aromatic rings. The maximum Gasteiger partial charge on any atom is 0.265 e. The minimum Gasteiger partial charge on any atom is -0.482 e. The Kier molecular flexibility index (Phi) is 3.73. The van der Waals surface area contributed by atoms with Crippen molar-refractivity contribution < 1.29 is 14.3 Å². The van der Waals surface area contributed by atoms with Crippen molar-refractivity contribution in [3.05, 3.63) is 54.4 Å². The Morgan fingerprint density at radius 2 is 1.95 bits per heavy atom. The average molecular weight is 284 g/mol. The summed E-state index contributed by atoms with van der Waals surface area (Å²) in [6.07, 6.45) is 2.42. The van der Waals surface area contributed by atoms with E-state index >= 15 is 0 Å². The zero-order valence-corrected chi connectivity index (χ0v) is 11.7. The molecule has 1 N–H and O–H groups in total. The van der Waals surface area contributed by atoms with Gasteiger partial charge in [-0.15, -0.1) is 0 Å². The molecule has 108 valence electrons. The number of amides is 1. The predicted molar refractivity (Wildman–Crippen MR) is 77.0 cm³/mol. The topological polar surface area (TPSA) is 60.5 Å². The van der Waals surface area contributed by atoms with Gasteiger partial charge < -0.3 is 14.8 Å². The van der Waals surface area contributed by atoms with E-state index in [1.165, 1.54) is 0 Å². The van der Waals surface area contributed by atoms with Crippen LogP contribution in [0.3, 0.4) is 0 Å². The number of aromatic nitrogens is 1. The number of carbonyl (C=O) groups excluding carboxylic acids is 1. The van der Waals surface area contributed by atoms with E-state index < -0.39 is 6.10 Å². The third kappa shape index (κ3) is 2.97. The summed E-state index contributed by atoms with van der Waals surface area (Å²) in [7, 11) is 0. The lowest BCUT2D eigenvalue weighted by molar-refractivity contribution is -0.133. The van der Waals surface area contributed by atoms with Crippen LogP contribution in [0.25, 0.3) is 0 Å². The maximum atomic E-state index is 12.3. The number of carbonyl (C=O) groups is 1. The van der Waals surface area contributed by atoms with Crippen LogP contribution in [-0.4, -0.2) is 23.1 Å².